The topological polar surface area (TPSA) is 111 Å². The van der Waals surface area contributed by atoms with Gasteiger partial charge in [-0.05, 0) is 40.2 Å². The number of phenols is 1. The van der Waals surface area contributed by atoms with E-state index in [1.54, 1.807) is 18.2 Å². The average molecular weight is 496 g/mol. The summed E-state index contributed by atoms with van der Waals surface area (Å²) < 4.78 is 2.06. The Hall–Kier alpha value is -2.59. The van der Waals surface area contributed by atoms with Gasteiger partial charge in [0.05, 0.1) is 26.5 Å². The lowest BCUT2D eigenvalue weighted by molar-refractivity contribution is -0.386. The van der Waals surface area contributed by atoms with Crippen LogP contribution in [-0.4, -0.2) is 25.9 Å². The highest BCUT2D eigenvalue weighted by Gasteiger charge is 2.17. The first-order valence-electron chi connectivity index (χ1n) is 7.74. The minimum absolute atomic E-state index is 0.154. The molecule has 3 rings (SSSR count). The molecule has 1 heterocycles. The van der Waals surface area contributed by atoms with Gasteiger partial charge in [0.2, 0.25) is 5.75 Å². The first-order valence-corrected chi connectivity index (χ1v) is 9.33. The molecule has 1 aromatic heterocycles. The maximum Gasteiger partial charge on any atom is 0.312 e. The van der Waals surface area contributed by atoms with Crippen molar-refractivity contribution in [3.63, 3.8) is 0 Å². The number of hydrogen-bond acceptors (Lipinski definition) is 6. The number of aryl methyl sites for hydroxylation is 1. The Morgan fingerprint density at radius 1 is 1.33 bits per heavy atom. The van der Waals surface area contributed by atoms with Gasteiger partial charge >= 0.3 is 5.69 Å². The van der Waals surface area contributed by atoms with Gasteiger partial charge in [0.25, 0.3) is 5.56 Å². The maximum atomic E-state index is 12.8. The Kier molecular flexibility index (Phi) is 5.38. The van der Waals surface area contributed by atoms with Gasteiger partial charge in [-0.25, -0.2) is 4.98 Å². The number of nitrogens with zero attached hydrogens (tertiary/aromatic N) is 4. The van der Waals surface area contributed by atoms with Crippen molar-refractivity contribution in [2.24, 2.45) is 5.10 Å². The molecular formula is C17H12Br2N4O4. The summed E-state index contributed by atoms with van der Waals surface area (Å²) in [6, 6.07) is 7.85. The number of nitro benzene ring substituents is 1. The van der Waals surface area contributed by atoms with Crippen molar-refractivity contribution in [1.82, 2.24) is 9.66 Å². The number of fused-ring (bicyclic) bond motifs is 1. The van der Waals surface area contributed by atoms with E-state index in [4.69, 9.17) is 0 Å². The number of benzene rings is 2. The zero-order valence-corrected chi connectivity index (χ0v) is 17.1. The molecule has 0 saturated carbocycles. The zero-order chi connectivity index (χ0) is 19.7. The number of nitro groups is 1. The Labute approximate surface area is 169 Å². The van der Waals surface area contributed by atoms with Crippen LogP contribution in [0.15, 0.2) is 49.2 Å². The van der Waals surface area contributed by atoms with E-state index in [9.17, 15) is 20.0 Å². The van der Waals surface area contributed by atoms with Crippen LogP contribution in [-0.2, 0) is 6.42 Å². The minimum Gasteiger partial charge on any atom is -0.501 e. The molecule has 138 valence electrons. The van der Waals surface area contributed by atoms with Crippen LogP contribution in [0.5, 0.6) is 5.75 Å². The second-order valence-corrected chi connectivity index (χ2v) is 7.30. The van der Waals surface area contributed by atoms with Crippen LogP contribution < -0.4 is 5.56 Å². The quantitative estimate of drug-likeness (QED) is 0.334. The summed E-state index contributed by atoms with van der Waals surface area (Å²) in [5.74, 6) is -0.0146. The van der Waals surface area contributed by atoms with E-state index in [2.05, 4.69) is 41.9 Å². The number of phenolic OH excluding ortho intramolecular Hbond substituents is 1. The smallest absolute Gasteiger partial charge is 0.312 e. The first-order chi connectivity index (χ1) is 12.8. The Morgan fingerprint density at radius 2 is 2.07 bits per heavy atom. The summed E-state index contributed by atoms with van der Waals surface area (Å²) >= 11 is 6.40. The minimum atomic E-state index is -0.698. The molecule has 0 saturated heterocycles. The fourth-order valence-corrected chi connectivity index (χ4v) is 3.31. The van der Waals surface area contributed by atoms with Gasteiger partial charge in [-0.1, -0.05) is 22.9 Å². The zero-order valence-electron chi connectivity index (χ0n) is 13.9. The molecule has 0 aliphatic carbocycles. The van der Waals surface area contributed by atoms with Gasteiger partial charge in [-0.2, -0.15) is 9.78 Å². The lowest BCUT2D eigenvalue weighted by Gasteiger charge is -2.08. The van der Waals surface area contributed by atoms with Crippen molar-refractivity contribution in [2.75, 3.05) is 0 Å². The van der Waals surface area contributed by atoms with Gasteiger partial charge < -0.3 is 5.11 Å². The molecule has 27 heavy (non-hydrogen) atoms. The number of hydrogen-bond donors (Lipinski definition) is 1. The van der Waals surface area contributed by atoms with Crippen LogP contribution in [0, 0.1) is 10.1 Å². The van der Waals surface area contributed by atoms with Crippen molar-refractivity contribution < 1.29 is 10.0 Å². The lowest BCUT2D eigenvalue weighted by Crippen LogP contribution is -2.22. The van der Waals surface area contributed by atoms with E-state index in [-0.39, 0.29) is 10.0 Å². The van der Waals surface area contributed by atoms with Crippen molar-refractivity contribution in [2.45, 2.75) is 13.3 Å². The predicted octanol–water partition coefficient (Wildman–Crippen LogP) is 3.98. The molecule has 0 bridgehead atoms. The van der Waals surface area contributed by atoms with Gasteiger partial charge in [0.15, 0.2) is 0 Å². The molecule has 10 heteroatoms. The number of aromatic nitrogens is 2. The fourth-order valence-electron chi connectivity index (χ4n) is 2.49. The molecule has 0 aliphatic heterocycles. The highest BCUT2D eigenvalue weighted by molar-refractivity contribution is 9.10. The Balaban J connectivity index is 2.15. The van der Waals surface area contributed by atoms with Crippen LogP contribution in [0.2, 0.25) is 0 Å². The number of rotatable bonds is 4. The second-order valence-electron chi connectivity index (χ2n) is 5.53. The monoisotopic (exact) mass is 494 g/mol. The van der Waals surface area contributed by atoms with E-state index < -0.39 is 16.4 Å². The van der Waals surface area contributed by atoms with Gasteiger partial charge in [-0.15, -0.1) is 0 Å². The number of aromatic hydroxyl groups is 1. The second kappa shape index (κ2) is 7.57. The molecular weight excluding hydrogens is 484 g/mol. The van der Waals surface area contributed by atoms with Crippen LogP contribution in [0.3, 0.4) is 0 Å². The Morgan fingerprint density at radius 3 is 2.74 bits per heavy atom. The fraction of sp³-hybridized carbons (Fsp3) is 0.118. The van der Waals surface area contributed by atoms with E-state index in [1.165, 1.54) is 23.0 Å². The molecule has 0 unspecified atom stereocenters. The summed E-state index contributed by atoms with van der Waals surface area (Å²) in [5.41, 5.74) is 0.0976. The van der Waals surface area contributed by atoms with E-state index >= 15 is 0 Å². The average Bonchev–Trinajstić information content (AvgIpc) is 2.63. The molecule has 1 N–H and O–H groups in total. The summed E-state index contributed by atoms with van der Waals surface area (Å²) in [7, 11) is 0. The van der Waals surface area contributed by atoms with Crippen molar-refractivity contribution in [1.29, 1.82) is 0 Å². The highest BCUT2D eigenvalue weighted by atomic mass is 79.9. The highest BCUT2D eigenvalue weighted by Crippen LogP contribution is 2.34. The van der Waals surface area contributed by atoms with E-state index in [1.807, 2.05) is 6.92 Å². The third-order valence-electron chi connectivity index (χ3n) is 3.78. The molecule has 0 radical (unpaired) electrons. The number of halogens is 2. The van der Waals surface area contributed by atoms with Crippen LogP contribution in [0.4, 0.5) is 5.69 Å². The largest absolute Gasteiger partial charge is 0.501 e. The molecule has 0 atom stereocenters. The van der Waals surface area contributed by atoms with Crippen LogP contribution >= 0.6 is 31.9 Å². The molecule has 0 fully saturated rings. The SMILES string of the molecule is CCc1nc2ccc(Br)cc2c(=O)n1N=Cc1cc(Br)c(O)c([N+](=O)[O-])c1. The molecule has 2 aromatic carbocycles. The van der Waals surface area contributed by atoms with Crippen LogP contribution in [0.25, 0.3) is 10.9 Å². The standard InChI is InChI=1S/C17H12Br2N4O4/c1-2-15-21-13-4-3-10(18)7-11(13)17(25)22(15)20-8-9-5-12(19)16(24)14(6-9)23(26)27/h3-8,24H,2H2,1H3. The summed E-state index contributed by atoms with van der Waals surface area (Å²) in [4.78, 5) is 27.6. The normalized spacial score (nSPS) is 11.4. The molecule has 8 nitrogen and oxygen atoms in total. The van der Waals surface area contributed by atoms with Crippen molar-refractivity contribution in [3.8, 4) is 5.75 Å². The summed E-state index contributed by atoms with van der Waals surface area (Å²) in [5, 5.41) is 25.4. The van der Waals surface area contributed by atoms with Crippen molar-refractivity contribution in [3.05, 3.63) is 71.1 Å². The van der Waals surface area contributed by atoms with Gasteiger partial charge in [-0.3, -0.25) is 14.9 Å². The third-order valence-corrected chi connectivity index (χ3v) is 4.87. The molecule has 0 amide bonds. The lowest BCUT2D eigenvalue weighted by atomic mass is 10.2. The Bertz CT molecular complexity index is 1160. The summed E-state index contributed by atoms with van der Waals surface area (Å²) in [6.07, 6.45) is 1.78. The molecule has 0 aliphatic rings. The van der Waals surface area contributed by atoms with E-state index in [0.29, 0.717) is 28.7 Å². The molecule has 0 spiro atoms. The molecule has 3 aromatic rings. The first kappa shape index (κ1) is 19.2. The van der Waals surface area contributed by atoms with E-state index in [0.717, 1.165) is 4.47 Å². The van der Waals surface area contributed by atoms with Crippen molar-refractivity contribution >= 4 is 54.7 Å². The van der Waals surface area contributed by atoms with Gasteiger partial charge in [0.1, 0.15) is 5.82 Å². The predicted molar refractivity (Wildman–Crippen MR) is 109 cm³/mol. The summed E-state index contributed by atoms with van der Waals surface area (Å²) in [6.45, 7) is 1.85. The van der Waals surface area contributed by atoms with Gasteiger partial charge in [0, 0.05) is 22.5 Å². The van der Waals surface area contributed by atoms with Crippen LogP contribution in [0.1, 0.15) is 18.3 Å². The third kappa shape index (κ3) is 3.76. The maximum absolute atomic E-state index is 12.8.